The molecule has 0 heterocycles. The van der Waals surface area contributed by atoms with Gasteiger partial charge in [0, 0.05) is 6.04 Å². The molecule has 0 unspecified atom stereocenters. The van der Waals surface area contributed by atoms with Crippen molar-refractivity contribution in [2.45, 2.75) is 39.2 Å². The second kappa shape index (κ2) is 5.85. The van der Waals surface area contributed by atoms with Gasteiger partial charge in [0.05, 0.1) is 13.2 Å². The zero-order chi connectivity index (χ0) is 13.0. The van der Waals surface area contributed by atoms with E-state index in [0.717, 1.165) is 19.6 Å². The Morgan fingerprint density at radius 2 is 2.17 bits per heavy atom. The summed E-state index contributed by atoms with van der Waals surface area (Å²) in [6, 6.07) is 9.38. The Morgan fingerprint density at radius 3 is 2.83 bits per heavy atom. The van der Waals surface area contributed by atoms with E-state index in [-0.39, 0.29) is 0 Å². The zero-order valence-electron chi connectivity index (χ0n) is 11.8. The van der Waals surface area contributed by atoms with Crippen molar-refractivity contribution in [2.75, 3.05) is 20.3 Å². The van der Waals surface area contributed by atoms with Crippen LogP contribution in [-0.2, 0) is 11.2 Å². The van der Waals surface area contributed by atoms with Crippen LogP contribution in [0.15, 0.2) is 24.3 Å². The Hall–Kier alpha value is -0.860. The monoisotopic (exact) mass is 247 g/mol. The van der Waals surface area contributed by atoms with Gasteiger partial charge in [0.25, 0.3) is 0 Å². The van der Waals surface area contributed by atoms with E-state index in [0.29, 0.717) is 11.5 Å². The molecule has 1 saturated carbocycles. The van der Waals surface area contributed by atoms with Gasteiger partial charge in [-0.1, -0.05) is 36.8 Å². The van der Waals surface area contributed by atoms with Gasteiger partial charge < -0.3 is 10.1 Å². The van der Waals surface area contributed by atoms with Gasteiger partial charge in [-0.05, 0) is 44.2 Å². The SMILES string of the molecule is CNC1CC(C)(COCCc2cccc(C)c2)C1. The van der Waals surface area contributed by atoms with E-state index >= 15 is 0 Å². The number of rotatable bonds is 6. The highest BCUT2D eigenvalue weighted by atomic mass is 16.5. The molecule has 0 aliphatic heterocycles. The van der Waals surface area contributed by atoms with Gasteiger partial charge >= 0.3 is 0 Å². The van der Waals surface area contributed by atoms with Crippen LogP contribution in [0.1, 0.15) is 30.9 Å². The van der Waals surface area contributed by atoms with Crippen molar-refractivity contribution in [2.24, 2.45) is 5.41 Å². The fourth-order valence-electron chi connectivity index (χ4n) is 2.83. The summed E-state index contributed by atoms with van der Waals surface area (Å²) >= 11 is 0. The summed E-state index contributed by atoms with van der Waals surface area (Å²) in [5.41, 5.74) is 3.11. The average Bonchev–Trinajstić information content (AvgIpc) is 2.31. The molecule has 1 aromatic rings. The van der Waals surface area contributed by atoms with Crippen molar-refractivity contribution in [1.29, 1.82) is 0 Å². The summed E-state index contributed by atoms with van der Waals surface area (Å²) in [6.45, 7) is 6.20. The summed E-state index contributed by atoms with van der Waals surface area (Å²) in [5, 5.41) is 3.32. The van der Waals surface area contributed by atoms with Crippen LogP contribution in [0.3, 0.4) is 0 Å². The third-order valence-corrected chi connectivity index (χ3v) is 3.95. The molecule has 0 radical (unpaired) electrons. The normalized spacial score (nSPS) is 26.9. The summed E-state index contributed by atoms with van der Waals surface area (Å²) in [7, 11) is 2.04. The van der Waals surface area contributed by atoms with E-state index in [9.17, 15) is 0 Å². The van der Waals surface area contributed by atoms with Crippen molar-refractivity contribution in [3.63, 3.8) is 0 Å². The molecular formula is C16H25NO. The lowest BCUT2D eigenvalue weighted by Gasteiger charge is -2.45. The fourth-order valence-corrected chi connectivity index (χ4v) is 2.83. The third kappa shape index (κ3) is 3.56. The first-order valence-corrected chi connectivity index (χ1v) is 6.92. The predicted octanol–water partition coefficient (Wildman–Crippen LogP) is 2.94. The summed E-state index contributed by atoms with van der Waals surface area (Å²) in [4.78, 5) is 0. The van der Waals surface area contributed by atoms with E-state index in [1.165, 1.54) is 24.0 Å². The summed E-state index contributed by atoms with van der Waals surface area (Å²) < 4.78 is 5.85. The average molecular weight is 247 g/mol. The summed E-state index contributed by atoms with van der Waals surface area (Å²) in [5.74, 6) is 0. The first-order valence-electron chi connectivity index (χ1n) is 6.92. The minimum absolute atomic E-state index is 0.403. The second-order valence-electron chi connectivity index (χ2n) is 6.00. The standard InChI is InChI=1S/C16H25NO/c1-13-5-4-6-14(9-13)7-8-18-12-16(2)10-15(11-16)17-3/h4-6,9,15,17H,7-8,10-12H2,1-3H3. The molecule has 100 valence electrons. The van der Waals surface area contributed by atoms with Crippen LogP contribution in [0, 0.1) is 12.3 Å². The van der Waals surface area contributed by atoms with Crippen molar-refractivity contribution >= 4 is 0 Å². The molecule has 1 aliphatic carbocycles. The first kappa shape index (κ1) is 13.6. The molecule has 0 amide bonds. The number of hydrogen-bond donors (Lipinski definition) is 1. The maximum atomic E-state index is 5.85. The molecule has 0 bridgehead atoms. The lowest BCUT2D eigenvalue weighted by molar-refractivity contribution is -0.00984. The van der Waals surface area contributed by atoms with Crippen LogP contribution in [0.4, 0.5) is 0 Å². The van der Waals surface area contributed by atoms with Crippen LogP contribution in [0.25, 0.3) is 0 Å². The van der Waals surface area contributed by atoms with Gasteiger partial charge in [0.1, 0.15) is 0 Å². The van der Waals surface area contributed by atoms with Crippen molar-refractivity contribution in [3.05, 3.63) is 35.4 Å². The maximum absolute atomic E-state index is 5.85. The summed E-state index contributed by atoms with van der Waals surface area (Å²) in [6.07, 6.45) is 3.51. The molecule has 1 aromatic carbocycles. The number of nitrogens with one attached hydrogen (secondary N) is 1. The Morgan fingerprint density at radius 1 is 1.39 bits per heavy atom. The van der Waals surface area contributed by atoms with Crippen molar-refractivity contribution in [1.82, 2.24) is 5.32 Å². The van der Waals surface area contributed by atoms with Crippen LogP contribution in [0.5, 0.6) is 0 Å². The fraction of sp³-hybridized carbons (Fsp3) is 0.625. The molecule has 0 saturated heterocycles. The number of aryl methyl sites for hydroxylation is 1. The molecule has 1 fully saturated rings. The molecule has 0 aromatic heterocycles. The van der Waals surface area contributed by atoms with Gasteiger partial charge in [0.15, 0.2) is 0 Å². The smallest absolute Gasteiger partial charge is 0.0521 e. The van der Waals surface area contributed by atoms with E-state index in [1.807, 2.05) is 7.05 Å². The largest absolute Gasteiger partial charge is 0.381 e. The Balaban J connectivity index is 1.65. The molecule has 2 rings (SSSR count). The second-order valence-corrected chi connectivity index (χ2v) is 6.00. The quantitative estimate of drug-likeness (QED) is 0.780. The van der Waals surface area contributed by atoms with Crippen molar-refractivity contribution < 1.29 is 4.74 Å². The third-order valence-electron chi connectivity index (χ3n) is 3.95. The van der Waals surface area contributed by atoms with E-state index in [4.69, 9.17) is 4.74 Å². The Kier molecular flexibility index (Phi) is 4.41. The molecule has 0 atom stereocenters. The van der Waals surface area contributed by atoms with Gasteiger partial charge in [-0.2, -0.15) is 0 Å². The van der Waals surface area contributed by atoms with Crippen LogP contribution in [-0.4, -0.2) is 26.3 Å². The molecule has 2 nitrogen and oxygen atoms in total. The maximum Gasteiger partial charge on any atom is 0.0521 e. The molecule has 1 N–H and O–H groups in total. The number of benzene rings is 1. The van der Waals surface area contributed by atoms with E-state index in [1.54, 1.807) is 0 Å². The first-order chi connectivity index (χ1) is 8.61. The molecular weight excluding hydrogens is 222 g/mol. The minimum Gasteiger partial charge on any atom is -0.381 e. The van der Waals surface area contributed by atoms with Gasteiger partial charge in [0.2, 0.25) is 0 Å². The minimum atomic E-state index is 0.403. The Labute approximate surface area is 111 Å². The van der Waals surface area contributed by atoms with E-state index in [2.05, 4.69) is 43.4 Å². The zero-order valence-corrected chi connectivity index (χ0v) is 11.8. The topological polar surface area (TPSA) is 21.3 Å². The predicted molar refractivity (Wildman–Crippen MR) is 75.9 cm³/mol. The van der Waals surface area contributed by atoms with Crippen LogP contribution in [0.2, 0.25) is 0 Å². The van der Waals surface area contributed by atoms with Crippen LogP contribution < -0.4 is 5.32 Å². The van der Waals surface area contributed by atoms with Gasteiger partial charge in [-0.3, -0.25) is 0 Å². The highest BCUT2D eigenvalue weighted by Gasteiger charge is 2.39. The Bertz CT molecular complexity index is 382. The molecule has 2 heteroatoms. The van der Waals surface area contributed by atoms with E-state index < -0.39 is 0 Å². The molecule has 1 aliphatic rings. The lowest BCUT2D eigenvalue weighted by atomic mass is 9.67. The lowest BCUT2D eigenvalue weighted by Crippen LogP contribution is -2.48. The highest BCUT2D eigenvalue weighted by molar-refractivity contribution is 5.22. The molecule has 0 spiro atoms. The van der Waals surface area contributed by atoms with Gasteiger partial charge in [-0.15, -0.1) is 0 Å². The van der Waals surface area contributed by atoms with Crippen molar-refractivity contribution in [3.8, 4) is 0 Å². The highest BCUT2D eigenvalue weighted by Crippen LogP contribution is 2.40. The molecule has 18 heavy (non-hydrogen) atoms. The van der Waals surface area contributed by atoms with Crippen LogP contribution >= 0.6 is 0 Å². The number of hydrogen-bond acceptors (Lipinski definition) is 2. The number of ether oxygens (including phenoxy) is 1. The van der Waals surface area contributed by atoms with Gasteiger partial charge in [-0.25, -0.2) is 0 Å².